The fraction of sp³-hybridized carbons (Fsp3) is 0.500. The van der Waals surface area contributed by atoms with E-state index in [0.717, 1.165) is 16.9 Å². The number of amides is 1. The van der Waals surface area contributed by atoms with E-state index in [1.54, 1.807) is 18.9 Å². The predicted octanol–water partition coefficient (Wildman–Crippen LogP) is 3.65. The van der Waals surface area contributed by atoms with Gasteiger partial charge in [-0.15, -0.1) is 0 Å². The first-order valence-electron chi connectivity index (χ1n) is 8.76. The van der Waals surface area contributed by atoms with Gasteiger partial charge in [-0.05, 0) is 57.4 Å². The van der Waals surface area contributed by atoms with Crippen molar-refractivity contribution in [3.05, 3.63) is 35.4 Å². The molecule has 0 saturated carbocycles. The molecule has 1 aliphatic heterocycles. The summed E-state index contributed by atoms with van der Waals surface area (Å²) >= 11 is 0. The predicted molar refractivity (Wildman–Crippen MR) is 99.0 cm³/mol. The fourth-order valence-electron chi connectivity index (χ4n) is 2.76. The molecule has 0 aliphatic carbocycles. The second-order valence-electron chi connectivity index (χ2n) is 7.06. The topological polar surface area (TPSA) is 65.1 Å². The first-order valence-corrected chi connectivity index (χ1v) is 8.76. The van der Waals surface area contributed by atoms with Gasteiger partial charge in [-0.1, -0.05) is 12.1 Å². The summed E-state index contributed by atoms with van der Waals surface area (Å²) in [6.45, 7) is 8.16. The normalized spacial score (nSPS) is 14.9. The van der Waals surface area contributed by atoms with E-state index in [9.17, 15) is 9.59 Å². The molecule has 1 aromatic carbocycles. The quantitative estimate of drug-likeness (QED) is 0.766. The van der Waals surface area contributed by atoms with Crippen molar-refractivity contribution in [3.63, 3.8) is 0 Å². The number of rotatable bonds is 4. The zero-order valence-corrected chi connectivity index (χ0v) is 16.1. The Hall–Kier alpha value is -2.50. The van der Waals surface area contributed by atoms with E-state index in [1.807, 2.05) is 45.0 Å². The lowest BCUT2D eigenvalue weighted by atomic mass is 9.93. The standard InChI is InChI=1S/C20H27NO5/c1-6-25-18(22)17-13-21(19(23)26-20(2,3)4)12-11-16(17)14-7-9-15(24-5)10-8-14/h7-10H,6,11-13H2,1-5H3. The molecule has 6 nitrogen and oxygen atoms in total. The Bertz CT molecular complexity index is 685. The van der Waals surface area contributed by atoms with Gasteiger partial charge in [-0.25, -0.2) is 9.59 Å². The van der Waals surface area contributed by atoms with Gasteiger partial charge in [-0.3, -0.25) is 0 Å². The summed E-state index contributed by atoms with van der Waals surface area (Å²) in [7, 11) is 1.61. The molecule has 0 unspecified atom stereocenters. The molecule has 0 radical (unpaired) electrons. The monoisotopic (exact) mass is 361 g/mol. The molecule has 6 heteroatoms. The van der Waals surface area contributed by atoms with Gasteiger partial charge in [0.15, 0.2) is 0 Å². The number of hydrogen-bond donors (Lipinski definition) is 0. The highest BCUT2D eigenvalue weighted by molar-refractivity contribution is 5.99. The lowest BCUT2D eigenvalue weighted by Gasteiger charge is -2.32. The van der Waals surface area contributed by atoms with Crippen LogP contribution in [0, 0.1) is 0 Å². The van der Waals surface area contributed by atoms with Gasteiger partial charge >= 0.3 is 12.1 Å². The average Bonchev–Trinajstić information content (AvgIpc) is 2.60. The Morgan fingerprint density at radius 3 is 2.35 bits per heavy atom. The van der Waals surface area contributed by atoms with Crippen molar-refractivity contribution in [2.75, 3.05) is 26.8 Å². The van der Waals surface area contributed by atoms with Crippen molar-refractivity contribution in [1.82, 2.24) is 4.90 Å². The van der Waals surface area contributed by atoms with E-state index in [2.05, 4.69) is 0 Å². The first kappa shape index (κ1) is 19.8. The number of methoxy groups -OCH3 is 1. The molecular weight excluding hydrogens is 334 g/mol. The lowest BCUT2D eigenvalue weighted by molar-refractivity contribution is -0.138. The van der Waals surface area contributed by atoms with Crippen molar-refractivity contribution in [2.24, 2.45) is 0 Å². The molecule has 0 atom stereocenters. The van der Waals surface area contributed by atoms with Crippen LogP contribution >= 0.6 is 0 Å². The Balaban J connectivity index is 2.31. The number of esters is 1. The van der Waals surface area contributed by atoms with Gasteiger partial charge in [0.25, 0.3) is 0 Å². The molecule has 0 saturated heterocycles. The first-order chi connectivity index (χ1) is 12.2. The summed E-state index contributed by atoms with van der Waals surface area (Å²) in [5, 5.41) is 0. The number of hydrogen-bond acceptors (Lipinski definition) is 5. The Kier molecular flexibility index (Phi) is 6.29. The van der Waals surface area contributed by atoms with Crippen molar-refractivity contribution >= 4 is 17.6 Å². The van der Waals surface area contributed by atoms with Crippen LogP contribution in [0.2, 0.25) is 0 Å². The van der Waals surface area contributed by atoms with Crippen LogP contribution in [0.4, 0.5) is 4.79 Å². The second kappa shape index (κ2) is 8.25. The summed E-state index contributed by atoms with van der Waals surface area (Å²) in [5.41, 5.74) is 1.74. The molecule has 0 bridgehead atoms. The van der Waals surface area contributed by atoms with Crippen LogP contribution in [-0.4, -0.2) is 49.4 Å². The summed E-state index contributed by atoms with van der Waals surface area (Å²) in [5.74, 6) is 0.352. The van der Waals surface area contributed by atoms with Crippen LogP contribution in [-0.2, 0) is 14.3 Å². The molecule has 0 spiro atoms. The lowest BCUT2D eigenvalue weighted by Crippen LogP contribution is -2.42. The van der Waals surface area contributed by atoms with Crippen LogP contribution in [0.15, 0.2) is 29.8 Å². The summed E-state index contributed by atoms with van der Waals surface area (Å²) < 4.78 is 15.8. The van der Waals surface area contributed by atoms with Crippen molar-refractivity contribution < 1.29 is 23.8 Å². The fourth-order valence-corrected chi connectivity index (χ4v) is 2.76. The number of ether oxygens (including phenoxy) is 3. The third kappa shape index (κ3) is 5.00. The van der Waals surface area contributed by atoms with E-state index in [0.29, 0.717) is 18.5 Å². The van der Waals surface area contributed by atoms with Gasteiger partial charge in [-0.2, -0.15) is 0 Å². The highest BCUT2D eigenvalue weighted by atomic mass is 16.6. The minimum Gasteiger partial charge on any atom is -0.497 e. The second-order valence-corrected chi connectivity index (χ2v) is 7.06. The molecule has 1 heterocycles. The van der Waals surface area contributed by atoms with Crippen LogP contribution in [0.1, 0.15) is 39.7 Å². The molecule has 0 fully saturated rings. The van der Waals surface area contributed by atoms with Crippen molar-refractivity contribution in [2.45, 2.75) is 39.7 Å². The maximum Gasteiger partial charge on any atom is 0.410 e. The maximum atomic E-state index is 12.5. The van der Waals surface area contributed by atoms with Gasteiger partial charge in [0.05, 0.1) is 25.8 Å². The van der Waals surface area contributed by atoms with Crippen LogP contribution in [0.3, 0.4) is 0 Å². The summed E-state index contributed by atoms with van der Waals surface area (Å²) in [6.07, 6.45) is 0.132. The third-order valence-electron chi connectivity index (χ3n) is 3.96. The minimum absolute atomic E-state index is 0.176. The molecule has 142 valence electrons. The van der Waals surface area contributed by atoms with Gasteiger partial charge < -0.3 is 19.1 Å². The van der Waals surface area contributed by atoms with E-state index in [4.69, 9.17) is 14.2 Å². The molecule has 2 rings (SSSR count). The van der Waals surface area contributed by atoms with E-state index >= 15 is 0 Å². The number of carbonyl (C=O) groups excluding carboxylic acids is 2. The molecule has 1 aliphatic rings. The highest BCUT2D eigenvalue weighted by Crippen LogP contribution is 2.30. The van der Waals surface area contributed by atoms with Gasteiger partial charge in [0, 0.05) is 6.54 Å². The number of carbonyl (C=O) groups is 2. The molecular formula is C20H27NO5. The molecule has 1 amide bonds. The summed E-state index contributed by atoms with van der Waals surface area (Å²) in [6, 6.07) is 7.53. The minimum atomic E-state index is -0.582. The molecule has 0 aromatic heterocycles. The SMILES string of the molecule is CCOC(=O)C1=C(c2ccc(OC)cc2)CCN(C(=O)OC(C)(C)C)C1. The number of benzene rings is 1. The van der Waals surface area contributed by atoms with Crippen LogP contribution in [0.25, 0.3) is 5.57 Å². The zero-order chi connectivity index (χ0) is 19.3. The van der Waals surface area contributed by atoms with Gasteiger partial charge in [0.1, 0.15) is 11.4 Å². The number of nitrogens with zero attached hydrogens (tertiary/aromatic N) is 1. The Labute approximate surface area is 154 Å². The molecule has 0 N–H and O–H groups in total. The maximum absolute atomic E-state index is 12.5. The van der Waals surface area contributed by atoms with Crippen LogP contribution < -0.4 is 4.74 Å². The average molecular weight is 361 g/mol. The summed E-state index contributed by atoms with van der Waals surface area (Å²) in [4.78, 5) is 26.4. The van der Waals surface area contributed by atoms with Crippen molar-refractivity contribution in [3.8, 4) is 5.75 Å². The molecule has 1 aromatic rings. The Morgan fingerprint density at radius 1 is 1.15 bits per heavy atom. The smallest absolute Gasteiger partial charge is 0.410 e. The highest BCUT2D eigenvalue weighted by Gasteiger charge is 2.30. The molecule has 26 heavy (non-hydrogen) atoms. The van der Waals surface area contributed by atoms with E-state index < -0.39 is 17.7 Å². The van der Waals surface area contributed by atoms with Gasteiger partial charge in [0.2, 0.25) is 0 Å². The third-order valence-corrected chi connectivity index (χ3v) is 3.96. The van der Waals surface area contributed by atoms with E-state index in [-0.39, 0.29) is 13.2 Å². The largest absolute Gasteiger partial charge is 0.497 e. The van der Waals surface area contributed by atoms with E-state index in [1.165, 1.54) is 0 Å². The zero-order valence-electron chi connectivity index (χ0n) is 16.1. The van der Waals surface area contributed by atoms with Crippen LogP contribution in [0.5, 0.6) is 5.75 Å². The Morgan fingerprint density at radius 2 is 1.81 bits per heavy atom. The van der Waals surface area contributed by atoms with Crippen molar-refractivity contribution in [1.29, 1.82) is 0 Å².